The number of ether oxygens (including phenoxy) is 2. The second kappa shape index (κ2) is 13.0. The molecule has 0 aromatic heterocycles. The van der Waals surface area contributed by atoms with Gasteiger partial charge >= 0.3 is 0 Å². The Morgan fingerprint density at radius 2 is 1.54 bits per heavy atom. The normalized spacial score (nSPS) is 33.8. The van der Waals surface area contributed by atoms with E-state index in [1.165, 1.54) is 0 Å². The smallest absolute Gasteiger partial charge is 0.197 e. The van der Waals surface area contributed by atoms with Gasteiger partial charge in [0, 0.05) is 7.79 Å². The maximum atomic E-state index is 10.6. The lowest BCUT2D eigenvalue weighted by atomic mass is 9.89. The topological polar surface area (TPSA) is 99.4 Å². The highest BCUT2D eigenvalue weighted by atomic mass is 16.7. The van der Waals surface area contributed by atoms with Crippen molar-refractivity contribution in [3.05, 3.63) is 0 Å². The fraction of sp³-hybridized carbons (Fsp3) is 1.00. The Kier molecular flexibility index (Phi) is 11.0. The van der Waals surface area contributed by atoms with Crippen LogP contribution in [0.3, 0.4) is 0 Å². The van der Waals surface area contributed by atoms with Crippen molar-refractivity contribution in [2.75, 3.05) is 13.2 Å². The van der Waals surface area contributed by atoms with Crippen LogP contribution in [0.25, 0.3) is 0 Å². The minimum Gasteiger partial charge on any atom is -0.394 e. The lowest BCUT2D eigenvalue weighted by Crippen LogP contribution is -2.66. The third-order valence-corrected chi connectivity index (χ3v) is 5.07. The molecular formula is C20H40O6. The van der Waals surface area contributed by atoms with Gasteiger partial charge in [0.05, 0.1) is 13.2 Å². The minimum absolute atomic E-state index is 0.0904. The van der Waals surface area contributed by atoms with Crippen LogP contribution in [-0.2, 0) is 9.47 Å². The molecule has 0 saturated carbocycles. The molecule has 1 aliphatic heterocycles. The van der Waals surface area contributed by atoms with E-state index in [-0.39, 0.29) is 6.42 Å². The Morgan fingerprint density at radius 1 is 0.923 bits per heavy atom. The van der Waals surface area contributed by atoms with Crippen LogP contribution in [0.15, 0.2) is 0 Å². The summed E-state index contributed by atoms with van der Waals surface area (Å²) in [5, 5.41) is 40.4. The average Bonchev–Trinajstić information content (AvgIpc) is 2.66. The summed E-state index contributed by atoms with van der Waals surface area (Å²) < 4.78 is 20.0. The molecule has 6 atom stereocenters. The molecular weight excluding hydrogens is 336 g/mol. The first-order valence-corrected chi connectivity index (χ1v) is 10.3. The van der Waals surface area contributed by atoms with Gasteiger partial charge in [-0.2, -0.15) is 0 Å². The molecule has 1 heterocycles. The molecule has 6 nitrogen and oxygen atoms in total. The molecule has 0 aromatic rings. The molecule has 1 aliphatic rings. The molecule has 2 unspecified atom stereocenters. The van der Waals surface area contributed by atoms with Gasteiger partial charge in [-0.1, -0.05) is 65.2 Å². The van der Waals surface area contributed by atoms with Gasteiger partial charge in [-0.05, 0) is 12.8 Å². The van der Waals surface area contributed by atoms with Crippen LogP contribution in [0, 0.1) is 0 Å². The first-order valence-electron chi connectivity index (χ1n) is 10.9. The summed E-state index contributed by atoms with van der Waals surface area (Å²) >= 11 is 0. The second-order valence-electron chi connectivity index (χ2n) is 7.33. The number of rotatable bonds is 14. The lowest BCUT2D eigenvalue weighted by molar-refractivity contribution is -0.366. The maximum absolute atomic E-state index is 10.6. The van der Waals surface area contributed by atoms with E-state index in [4.69, 9.17) is 10.8 Å². The molecule has 26 heavy (non-hydrogen) atoms. The maximum Gasteiger partial charge on any atom is 0.197 e. The van der Waals surface area contributed by atoms with E-state index in [1.54, 1.807) is 0 Å². The van der Waals surface area contributed by atoms with E-state index in [9.17, 15) is 20.4 Å². The Labute approximate surface area is 159 Å². The first kappa shape index (κ1) is 22.1. The monoisotopic (exact) mass is 377 g/mol. The van der Waals surface area contributed by atoms with Gasteiger partial charge in [0.15, 0.2) is 5.79 Å². The molecule has 0 spiro atoms. The van der Waals surface area contributed by atoms with Crippen LogP contribution in [0.1, 0.15) is 85.8 Å². The van der Waals surface area contributed by atoms with E-state index in [2.05, 4.69) is 13.8 Å². The Bertz CT molecular complexity index is 383. The fourth-order valence-electron chi connectivity index (χ4n) is 3.35. The standard InChI is InChI=1S/C20H40O6/c1-3-5-7-9-11-13-20(25-14-12-10-8-6-4-2)19(24)18(23)17(22)16(15-21)26-20/h16-19,21-24H,3-15H2,1-2H3/t16-,17+,18+,19-,20?/m1/s1/i11D/t11?,16-,17+,18+,19-,20?. The van der Waals surface area contributed by atoms with Gasteiger partial charge in [0.25, 0.3) is 0 Å². The third kappa shape index (κ3) is 7.06. The summed E-state index contributed by atoms with van der Waals surface area (Å²) in [6.07, 6.45) is 3.01. The molecule has 0 aliphatic carbocycles. The predicted octanol–water partition coefficient (Wildman–Crippen LogP) is 2.50. The van der Waals surface area contributed by atoms with Crippen LogP contribution in [0.5, 0.6) is 0 Å². The average molecular weight is 378 g/mol. The summed E-state index contributed by atoms with van der Waals surface area (Å²) in [7, 11) is 0. The molecule has 1 rings (SSSR count). The van der Waals surface area contributed by atoms with Crippen LogP contribution < -0.4 is 0 Å². The summed E-state index contributed by atoms with van der Waals surface area (Å²) in [6.45, 7) is 4.08. The number of aliphatic hydroxyl groups is 4. The molecule has 156 valence electrons. The van der Waals surface area contributed by atoms with E-state index >= 15 is 0 Å². The minimum atomic E-state index is -1.57. The summed E-state index contributed by atoms with van der Waals surface area (Å²) in [6, 6.07) is 0. The molecule has 6 heteroatoms. The Hall–Kier alpha value is -0.240. The van der Waals surface area contributed by atoms with Crippen molar-refractivity contribution in [1.82, 2.24) is 0 Å². The van der Waals surface area contributed by atoms with Crippen molar-refractivity contribution < 1.29 is 31.3 Å². The number of unbranched alkanes of at least 4 members (excludes halogenated alkanes) is 6. The van der Waals surface area contributed by atoms with Crippen LogP contribution in [-0.4, -0.2) is 63.8 Å². The van der Waals surface area contributed by atoms with Crippen molar-refractivity contribution in [3.63, 3.8) is 0 Å². The van der Waals surface area contributed by atoms with Crippen LogP contribution in [0.2, 0.25) is 0 Å². The van der Waals surface area contributed by atoms with E-state index < -0.39 is 43.2 Å². The zero-order valence-corrected chi connectivity index (χ0v) is 16.5. The Morgan fingerprint density at radius 3 is 2.15 bits per heavy atom. The van der Waals surface area contributed by atoms with Gasteiger partial charge in [0.2, 0.25) is 0 Å². The van der Waals surface area contributed by atoms with Gasteiger partial charge in [-0.25, -0.2) is 0 Å². The highest BCUT2D eigenvalue weighted by Crippen LogP contribution is 2.36. The van der Waals surface area contributed by atoms with Gasteiger partial charge in [0.1, 0.15) is 24.4 Å². The SMILES string of the molecule is [2H]C(CCCCC)CC1(OCCCCCCC)O[C@H](CO)[C@H](O)[C@H](O)[C@H]1O. The largest absolute Gasteiger partial charge is 0.394 e. The molecule has 1 fully saturated rings. The van der Waals surface area contributed by atoms with E-state index in [0.717, 1.165) is 51.4 Å². The van der Waals surface area contributed by atoms with Crippen molar-refractivity contribution >= 4 is 0 Å². The Balaban J connectivity index is 2.77. The second-order valence-corrected chi connectivity index (χ2v) is 7.33. The van der Waals surface area contributed by atoms with Crippen molar-refractivity contribution in [1.29, 1.82) is 0 Å². The van der Waals surface area contributed by atoms with Gasteiger partial charge in [-0.3, -0.25) is 0 Å². The van der Waals surface area contributed by atoms with Gasteiger partial charge < -0.3 is 29.9 Å². The number of hydrogen-bond acceptors (Lipinski definition) is 6. The third-order valence-electron chi connectivity index (χ3n) is 5.07. The van der Waals surface area contributed by atoms with Crippen LogP contribution >= 0.6 is 0 Å². The van der Waals surface area contributed by atoms with Crippen molar-refractivity contribution in [2.45, 2.75) is 115 Å². The van der Waals surface area contributed by atoms with Crippen molar-refractivity contribution in [2.24, 2.45) is 0 Å². The molecule has 0 bridgehead atoms. The van der Waals surface area contributed by atoms with Crippen molar-refractivity contribution in [3.8, 4) is 0 Å². The number of aliphatic hydroxyl groups excluding tert-OH is 4. The molecule has 0 aromatic carbocycles. The summed E-state index contributed by atoms with van der Waals surface area (Å²) in [4.78, 5) is 0. The highest BCUT2D eigenvalue weighted by molar-refractivity contribution is 4.97. The predicted molar refractivity (Wildman–Crippen MR) is 101 cm³/mol. The lowest BCUT2D eigenvalue weighted by Gasteiger charge is -2.48. The molecule has 1 saturated heterocycles. The van der Waals surface area contributed by atoms with E-state index in [1.807, 2.05) is 0 Å². The first-order chi connectivity index (χ1) is 12.9. The fourth-order valence-corrected chi connectivity index (χ4v) is 3.35. The number of hydrogen-bond donors (Lipinski definition) is 4. The molecule has 4 N–H and O–H groups in total. The zero-order chi connectivity index (χ0) is 20.3. The quantitative estimate of drug-likeness (QED) is 0.347. The zero-order valence-electron chi connectivity index (χ0n) is 17.5. The summed E-state index contributed by atoms with van der Waals surface area (Å²) in [5.74, 6) is -1.57. The molecule has 0 radical (unpaired) electrons. The van der Waals surface area contributed by atoms with E-state index in [0.29, 0.717) is 13.0 Å². The highest BCUT2D eigenvalue weighted by Gasteiger charge is 2.53. The van der Waals surface area contributed by atoms with Gasteiger partial charge in [-0.15, -0.1) is 0 Å². The van der Waals surface area contributed by atoms with Crippen LogP contribution in [0.4, 0.5) is 0 Å². The summed E-state index contributed by atoms with van der Waals surface area (Å²) in [5.41, 5.74) is 0. The molecule has 0 amide bonds.